The number of benzene rings is 1. The molecule has 1 aliphatic carbocycles. The quantitative estimate of drug-likeness (QED) is 0.454. The molecule has 0 radical (unpaired) electrons. The molecule has 1 saturated carbocycles. The minimum absolute atomic E-state index is 0.0403. The van der Waals surface area contributed by atoms with Crippen LogP contribution in [0.4, 0.5) is 34.1 Å². The summed E-state index contributed by atoms with van der Waals surface area (Å²) >= 11 is 6.05. The molecule has 4 rings (SSSR count). The zero-order valence-corrected chi connectivity index (χ0v) is 20.4. The molecule has 2 aromatic rings. The van der Waals surface area contributed by atoms with Crippen LogP contribution in [0.2, 0.25) is 5.02 Å². The second-order valence-electron chi connectivity index (χ2n) is 9.03. The highest BCUT2D eigenvalue weighted by molar-refractivity contribution is 6.33. The number of nitrogens with one attached hydrogen (secondary N) is 4. The average molecular weight is 543 g/mol. The van der Waals surface area contributed by atoms with Gasteiger partial charge >= 0.3 is 18.3 Å². The van der Waals surface area contributed by atoms with Crippen LogP contribution in [-0.4, -0.2) is 53.6 Å². The number of hydrogen-bond acceptors (Lipinski definition) is 6. The molecule has 37 heavy (non-hydrogen) atoms. The van der Waals surface area contributed by atoms with E-state index in [1.165, 1.54) is 18.3 Å². The van der Waals surface area contributed by atoms with Gasteiger partial charge in [-0.15, -0.1) is 0 Å². The molecule has 3 amide bonds. The third-order valence-corrected chi connectivity index (χ3v) is 6.76. The number of amides is 3. The van der Waals surface area contributed by atoms with Crippen LogP contribution in [0.3, 0.4) is 0 Å². The number of aromatic amines is 1. The van der Waals surface area contributed by atoms with Gasteiger partial charge in [0.2, 0.25) is 0 Å². The summed E-state index contributed by atoms with van der Waals surface area (Å²) in [5.74, 6) is 0. The van der Waals surface area contributed by atoms with E-state index in [1.54, 1.807) is 0 Å². The van der Waals surface area contributed by atoms with Crippen LogP contribution >= 0.6 is 11.6 Å². The molecule has 0 spiro atoms. The molecule has 14 heteroatoms. The van der Waals surface area contributed by atoms with Crippen LogP contribution in [0.5, 0.6) is 0 Å². The molecular formula is C23H26ClF3N6O4. The van der Waals surface area contributed by atoms with E-state index in [0.29, 0.717) is 50.9 Å². The SMILES string of the molecule is O=C(Nc1ccc(C(F)(F)F)cc1)NC1CCC(NC(=O)O[C@@H]2CCN(c3cn[nH]c(=O)c3Cl)C2)CC1. The van der Waals surface area contributed by atoms with Crippen molar-refractivity contribution < 1.29 is 27.5 Å². The Morgan fingerprint density at radius 2 is 1.70 bits per heavy atom. The van der Waals surface area contributed by atoms with E-state index >= 15 is 0 Å². The number of urea groups is 1. The second kappa shape index (κ2) is 11.3. The summed E-state index contributed by atoms with van der Waals surface area (Å²) in [5.41, 5.74) is -0.525. The summed E-state index contributed by atoms with van der Waals surface area (Å²) < 4.78 is 43.5. The van der Waals surface area contributed by atoms with Crippen molar-refractivity contribution in [2.75, 3.05) is 23.3 Å². The van der Waals surface area contributed by atoms with Gasteiger partial charge in [-0.1, -0.05) is 11.6 Å². The number of H-pyrrole nitrogens is 1. The summed E-state index contributed by atoms with van der Waals surface area (Å²) in [4.78, 5) is 38.1. The van der Waals surface area contributed by atoms with Gasteiger partial charge < -0.3 is 25.6 Å². The van der Waals surface area contributed by atoms with Gasteiger partial charge in [0.1, 0.15) is 11.1 Å². The highest BCUT2D eigenvalue weighted by Gasteiger charge is 2.31. The third-order valence-electron chi connectivity index (χ3n) is 6.39. The minimum Gasteiger partial charge on any atom is -0.444 e. The first-order valence-electron chi connectivity index (χ1n) is 11.8. The number of carbonyl (C=O) groups is 2. The first-order valence-corrected chi connectivity index (χ1v) is 12.2. The number of alkyl carbamates (subject to hydrolysis) is 1. The lowest BCUT2D eigenvalue weighted by Crippen LogP contribution is -2.45. The van der Waals surface area contributed by atoms with Crippen LogP contribution in [-0.2, 0) is 10.9 Å². The number of rotatable bonds is 5. The van der Waals surface area contributed by atoms with Crippen LogP contribution in [0.15, 0.2) is 35.3 Å². The van der Waals surface area contributed by atoms with Crippen molar-refractivity contribution in [3.63, 3.8) is 0 Å². The molecule has 4 N–H and O–H groups in total. The number of ether oxygens (including phenoxy) is 1. The highest BCUT2D eigenvalue weighted by Crippen LogP contribution is 2.30. The van der Waals surface area contributed by atoms with E-state index < -0.39 is 29.4 Å². The lowest BCUT2D eigenvalue weighted by Gasteiger charge is -2.29. The van der Waals surface area contributed by atoms with E-state index in [2.05, 4.69) is 26.1 Å². The molecule has 2 aliphatic rings. The van der Waals surface area contributed by atoms with Crippen molar-refractivity contribution in [3.8, 4) is 0 Å². The Morgan fingerprint density at radius 3 is 2.35 bits per heavy atom. The van der Waals surface area contributed by atoms with Crippen molar-refractivity contribution in [2.24, 2.45) is 0 Å². The van der Waals surface area contributed by atoms with Crippen LogP contribution < -0.4 is 26.4 Å². The van der Waals surface area contributed by atoms with Crippen molar-refractivity contribution in [1.29, 1.82) is 0 Å². The summed E-state index contributed by atoms with van der Waals surface area (Å²) in [5, 5.41) is 14.3. The monoisotopic (exact) mass is 542 g/mol. The second-order valence-corrected chi connectivity index (χ2v) is 9.40. The van der Waals surface area contributed by atoms with Crippen molar-refractivity contribution in [1.82, 2.24) is 20.8 Å². The molecule has 2 fully saturated rings. The lowest BCUT2D eigenvalue weighted by atomic mass is 9.91. The number of hydrogen-bond donors (Lipinski definition) is 4. The maximum Gasteiger partial charge on any atom is 0.416 e. The smallest absolute Gasteiger partial charge is 0.416 e. The van der Waals surface area contributed by atoms with E-state index in [9.17, 15) is 27.6 Å². The Hall–Kier alpha value is -3.48. The maximum absolute atomic E-state index is 12.7. The van der Waals surface area contributed by atoms with Crippen LogP contribution in [0.1, 0.15) is 37.7 Å². The predicted molar refractivity (Wildman–Crippen MR) is 130 cm³/mol. The van der Waals surface area contributed by atoms with Gasteiger partial charge in [-0.25, -0.2) is 14.7 Å². The molecule has 1 aromatic carbocycles. The summed E-state index contributed by atoms with van der Waals surface area (Å²) in [6.45, 7) is 0.955. The summed E-state index contributed by atoms with van der Waals surface area (Å²) in [6.07, 6.45) is -0.777. The first-order chi connectivity index (χ1) is 17.6. The molecule has 1 atom stereocenters. The third kappa shape index (κ3) is 7.06. The van der Waals surface area contributed by atoms with E-state index in [-0.39, 0.29) is 28.9 Å². The van der Waals surface area contributed by atoms with Crippen molar-refractivity contribution in [3.05, 3.63) is 51.4 Å². The fourth-order valence-corrected chi connectivity index (χ4v) is 4.68. The largest absolute Gasteiger partial charge is 0.444 e. The van der Waals surface area contributed by atoms with Crippen LogP contribution in [0, 0.1) is 0 Å². The van der Waals surface area contributed by atoms with E-state index in [1.807, 2.05) is 4.90 Å². The van der Waals surface area contributed by atoms with Crippen LogP contribution in [0.25, 0.3) is 0 Å². The highest BCUT2D eigenvalue weighted by atomic mass is 35.5. The molecule has 2 heterocycles. The Bertz CT molecular complexity index is 1170. The number of carbonyl (C=O) groups excluding carboxylic acids is 2. The van der Waals surface area contributed by atoms with E-state index in [4.69, 9.17) is 16.3 Å². The minimum atomic E-state index is -4.44. The molecule has 0 unspecified atom stereocenters. The van der Waals surface area contributed by atoms with Gasteiger partial charge in [0, 0.05) is 30.7 Å². The zero-order valence-electron chi connectivity index (χ0n) is 19.6. The average Bonchev–Trinajstić information content (AvgIpc) is 3.30. The number of aromatic nitrogens is 2. The van der Waals surface area contributed by atoms with E-state index in [0.717, 1.165) is 12.1 Å². The number of anilines is 2. The Kier molecular flexibility index (Phi) is 8.10. The molecule has 10 nitrogen and oxygen atoms in total. The molecule has 1 saturated heterocycles. The Labute approximate surface area is 214 Å². The standard InChI is InChI=1S/C23H26ClF3N6O4/c24-19-18(11-28-32-20(19)34)33-10-9-17(12-33)37-22(36)31-16-7-5-15(6-8-16)30-21(35)29-14-3-1-13(2-4-14)23(25,26)27/h1-4,11,15-17H,5-10,12H2,(H,31,36)(H,32,34)(H2,29,30,35)/t15?,16?,17-/m1/s1. The summed E-state index contributed by atoms with van der Waals surface area (Å²) in [7, 11) is 0. The number of alkyl halides is 3. The molecular weight excluding hydrogens is 517 g/mol. The predicted octanol–water partition coefficient (Wildman–Crippen LogP) is 3.88. The Morgan fingerprint density at radius 1 is 1.05 bits per heavy atom. The van der Waals surface area contributed by atoms with Crippen molar-refractivity contribution in [2.45, 2.75) is 56.5 Å². The zero-order chi connectivity index (χ0) is 26.6. The lowest BCUT2D eigenvalue weighted by molar-refractivity contribution is -0.137. The van der Waals surface area contributed by atoms with Gasteiger partial charge in [-0.05, 0) is 49.9 Å². The Balaban J connectivity index is 1.16. The fraction of sp³-hybridized carbons (Fsp3) is 0.478. The number of nitrogens with zero attached hydrogens (tertiary/aromatic N) is 2. The van der Waals surface area contributed by atoms with Gasteiger partial charge in [-0.2, -0.15) is 18.3 Å². The van der Waals surface area contributed by atoms with Crippen molar-refractivity contribution >= 4 is 35.1 Å². The summed E-state index contributed by atoms with van der Waals surface area (Å²) in [6, 6.07) is 3.48. The van der Waals surface area contributed by atoms with Gasteiger partial charge in [0.25, 0.3) is 5.56 Å². The molecule has 1 aliphatic heterocycles. The van der Waals surface area contributed by atoms with Gasteiger partial charge in [0.15, 0.2) is 0 Å². The fourth-order valence-electron chi connectivity index (χ4n) is 4.47. The maximum atomic E-state index is 12.7. The first kappa shape index (κ1) is 26.6. The topological polar surface area (TPSA) is 128 Å². The number of halogens is 4. The molecule has 1 aromatic heterocycles. The van der Waals surface area contributed by atoms with Gasteiger partial charge in [0.05, 0.1) is 24.0 Å². The van der Waals surface area contributed by atoms with Gasteiger partial charge in [-0.3, -0.25) is 4.79 Å². The molecule has 0 bridgehead atoms. The normalized spacial score (nSPS) is 21.8. The molecule has 200 valence electrons.